The zero-order chi connectivity index (χ0) is 71.8. The second kappa shape index (κ2) is 28.3. The molecule has 3 radical (unpaired) electrons. The number of aliphatic imine (C=N–C) groups is 6. The van der Waals surface area contributed by atoms with Crippen LogP contribution in [0, 0.1) is 17.5 Å². The van der Waals surface area contributed by atoms with Crippen LogP contribution >= 0.6 is 0 Å². The van der Waals surface area contributed by atoms with Crippen LogP contribution in [0.15, 0.2) is 231 Å². The predicted octanol–water partition coefficient (Wildman–Crippen LogP) is 13.0. The first-order valence-corrected chi connectivity index (χ1v) is 31.6. The molecule has 0 saturated carbocycles. The minimum Gasteiger partial charge on any atom is -0.406 e. The Kier molecular flexibility index (Phi) is 19.5. The minimum absolute atomic E-state index is 0. The summed E-state index contributed by atoms with van der Waals surface area (Å²) < 4.78 is 170. The summed E-state index contributed by atoms with van der Waals surface area (Å²) in [6.45, 7) is 3.51. The number of aromatic nitrogens is 3. The van der Waals surface area contributed by atoms with E-state index in [0.717, 1.165) is 19.3 Å². The fourth-order valence-corrected chi connectivity index (χ4v) is 13.1. The van der Waals surface area contributed by atoms with Crippen LogP contribution in [0.5, 0.6) is 17.2 Å². The van der Waals surface area contributed by atoms with Crippen molar-refractivity contribution in [1.82, 2.24) is 29.7 Å². The van der Waals surface area contributed by atoms with Crippen molar-refractivity contribution in [3.05, 3.63) is 252 Å². The van der Waals surface area contributed by atoms with Gasteiger partial charge < -0.3 is 31.4 Å². The molecular formula is C72H57BF12N15O3. The number of rotatable bonds is 12. The molecule has 3 atom stereocenters. The molecule has 1 unspecified atom stereocenters. The zero-order valence-corrected chi connectivity index (χ0v) is 53.9. The van der Waals surface area contributed by atoms with Gasteiger partial charge in [-0.1, -0.05) is 91.0 Å². The SMILES string of the molecule is NC1=NC(c2ccc(OC(F)(F)F)cc2)(c2cccc(-c3cnccc3F)c2)C2=NCCCN12.NC1=N[C@@](c2ccc(OC(F)(F)F)cc2)(c2cccc(-c3cnccc3F)c2)C2=NCCCN12.NC1=N[C@](c2ccc(OC(F)(F)F)cc2)(c2cccc(-c3cnccc3F)c2)C2=NCCCN12.[B]. The fraction of sp³-hybridized carbons (Fsp3) is 0.208. The molecule has 9 aromatic rings. The molecule has 525 valence electrons. The average Bonchev–Trinajstić information content (AvgIpc) is 1.61. The molecule has 0 bridgehead atoms. The number of ether oxygens (including phenoxy) is 3. The second-order valence-electron chi connectivity index (χ2n) is 23.7. The molecule has 15 rings (SSSR count). The van der Waals surface area contributed by atoms with Crippen LogP contribution in [0.2, 0.25) is 0 Å². The summed E-state index contributed by atoms with van der Waals surface area (Å²) in [7, 11) is 0. The fourth-order valence-electron chi connectivity index (χ4n) is 13.1. The van der Waals surface area contributed by atoms with E-state index in [1.807, 2.05) is 18.2 Å². The number of nitrogens with two attached hydrogens (primary N) is 3. The number of fused-ring (bicyclic) bond motifs is 3. The van der Waals surface area contributed by atoms with Crippen molar-refractivity contribution in [3.8, 4) is 50.6 Å². The molecule has 103 heavy (non-hydrogen) atoms. The number of nitrogens with zero attached hydrogens (tertiary/aromatic N) is 12. The van der Waals surface area contributed by atoms with Crippen LogP contribution in [0.1, 0.15) is 52.6 Å². The molecule has 0 saturated heterocycles. The highest BCUT2D eigenvalue weighted by molar-refractivity contribution is 6.14. The molecule has 3 aromatic heterocycles. The van der Waals surface area contributed by atoms with Gasteiger partial charge in [0.2, 0.25) is 0 Å². The molecule has 6 aromatic carbocycles. The number of hydrogen-bond donors (Lipinski definition) is 3. The number of amidine groups is 3. The molecule has 6 N–H and O–H groups in total. The molecule has 0 fully saturated rings. The van der Waals surface area contributed by atoms with Gasteiger partial charge in [-0.15, -0.1) is 39.5 Å². The molecule has 9 heterocycles. The van der Waals surface area contributed by atoms with Crippen LogP contribution in [-0.2, 0) is 16.6 Å². The van der Waals surface area contributed by atoms with Gasteiger partial charge in [0.15, 0.2) is 34.5 Å². The Balaban J connectivity index is 0.000000145. The van der Waals surface area contributed by atoms with E-state index in [-0.39, 0.29) is 43.5 Å². The Hall–Kier alpha value is -11.8. The Morgan fingerprint density at radius 2 is 0.612 bits per heavy atom. The third-order valence-corrected chi connectivity index (χ3v) is 17.4. The standard InChI is InChI=1S/3C24H19F4N5O.B/c3*25-20-9-11-30-14-19(20)15-3-1-4-17(13-15)23(21-31-10-2-12-33(21)22(29)32-23)16-5-7-18(8-6-16)34-24(26,27)28;/h3*1,3-9,11,13-14H,2,10,12H2,(H2,29,32);/t2*23-;;/m10../s1. The highest BCUT2D eigenvalue weighted by atomic mass is 19.4. The predicted molar refractivity (Wildman–Crippen MR) is 362 cm³/mol. The van der Waals surface area contributed by atoms with Crippen LogP contribution in [0.3, 0.4) is 0 Å². The summed E-state index contributed by atoms with van der Waals surface area (Å²) >= 11 is 0. The summed E-state index contributed by atoms with van der Waals surface area (Å²) in [5, 5.41) is 0. The first kappa shape index (κ1) is 71.1. The Labute approximate surface area is 582 Å². The number of halogens is 12. The third kappa shape index (κ3) is 14.2. The Morgan fingerprint density at radius 1 is 0.350 bits per heavy atom. The van der Waals surface area contributed by atoms with Crippen molar-refractivity contribution in [2.75, 3.05) is 39.3 Å². The van der Waals surface area contributed by atoms with Crippen LogP contribution in [0.4, 0.5) is 52.7 Å². The smallest absolute Gasteiger partial charge is 0.406 e. The van der Waals surface area contributed by atoms with E-state index in [0.29, 0.717) is 124 Å². The van der Waals surface area contributed by atoms with Crippen molar-refractivity contribution < 1.29 is 66.9 Å². The van der Waals surface area contributed by atoms with E-state index in [4.69, 9.17) is 47.2 Å². The molecule has 6 aliphatic rings. The van der Waals surface area contributed by atoms with Gasteiger partial charge >= 0.3 is 19.1 Å². The van der Waals surface area contributed by atoms with Gasteiger partial charge in [-0.3, -0.25) is 44.6 Å². The summed E-state index contributed by atoms with van der Waals surface area (Å²) in [6, 6.07) is 41.6. The number of alkyl halides is 9. The van der Waals surface area contributed by atoms with Gasteiger partial charge in [0.25, 0.3) is 0 Å². The van der Waals surface area contributed by atoms with E-state index in [9.17, 15) is 52.7 Å². The maximum Gasteiger partial charge on any atom is 0.573 e. The number of hydrogen-bond acceptors (Lipinski definition) is 18. The quantitative estimate of drug-likeness (QED) is 0.0766. The van der Waals surface area contributed by atoms with Gasteiger partial charge in [0.1, 0.15) is 52.2 Å². The minimum atomic E-state index is -4.80. The van der Waals surface area contributed by atoms with Crippen molar-refractivity contribution in [3.63, 3.8) is 0 Å². The van der Waals surface area contributed by atoms with E-state index in [2.05, 4.69) is 29.2 Å². The van der Waals surface area contributed by atoms with Crippen LogP contribution < -0.4 is 31.4 Å². The van der Waals surface area contributed by atoms with Gasteiger partial charge in [0.05, 0.1) is 0 Å². The average molecular weight is 1420 g/mol. The number of pyridine rings is 3. The van der Waals surface area contributed by atoms with Crippen molar-refractivity contribution >= 4 is 43.8 Å². The van der Waals surface area contributed by atoms with Crippen LogP contribution in [0.25, 0.3) is 33.4 Å². The van der Waals surface area contributed by atoms with E-state index < -0.39 is 53.2 Å². The number of benzene rings is 6. The highest BCUT2D eigenvalue weighted by Crippen LogP contribution is 2.47. The largest absolute Gasteiger partial charge is 0.573 e. The monoisotopic (exact) mass is 1420 g/mol. The van der Waals surface area contributed by atoms with Gasteiger partial charge in [-0.05, 0) is 142 Å². The van der Waals surface area contributed by atoms with Gasteiger partial charge in [-0.25, -0.2) is 28.1 Å². The summed E-state index contributed by atoms with van der Waals surface area (Å²) in [4.78, 5) is 45.9. The molecular weight excluding hydrogens is 1360 g/mol. The lowest BCUT2D eigenvalue weighted by molar-refractivity contribution is -0.275. The lowest BCUT2D eigenvalue weighted by Crippen LogP contribution is -2.46. The Morgan fingerprint density at radius 3 is 0.854 bits per heavy atom. The first-order chi connectivity index (χ1) is 48.8. The van der Waals surface area contributed by atoms with Gasteiger partial charge in [0, 0.05) is 102 Å². The highest BCUT2D eigenvalue weighted by Gasteiger charge is 2.52. The number of guanidine groups is 3. The molecule has 0 aliphatic carbocycles. The summed E-state index contributed by atoms with van der Waals surface area (Å²) in [6.07, 6.45) is -3.66. The molecule has 6 aliphatic heterocycles. The second-order valence-corrected chi connectivity index (χ2v) is 23.7. The van der Waals surface area contributed by atoms with E-state index >= 15 is 0 Å². The molecule has 0 amide bonds. The normalized spacial score (nSPS) is 19.7. The van der Waals surface area contributed by atoms with E-state index in [1.165, 1.54) is 128 Å². The summed E-state index contributed by atoms with van der Waals surface area (Å²) in [5.41, 5.74) is 21.4. The van der Waals surface area contributed by atoms with Gasteiger partial charge in [-0.2, -0.15) is 0 Å². The maximum atomic E-state index is 14.5. The molecule has 31 heteroatoms. The lowest BCUT2D eigenvalue weighted by Gasteiger charge is -2.33. The maximum absolute atomic E-state index is 14.5. The molecule has 18 nitrogen and oxygen atoms in total. The van der Waals surface area contributed by atoms with Crippen molar-refractivity contribution in [2.45, 2.75) is 55.0 Å². The summed E-state index contributed by atoms with van der Waals surface area (Å²) in [5.74, 6) is 0.146. The van der Waals surface area contributed by atoms with Crippen molar-refractivity contribution in [1.29, 1.82) is 0 Å². The van der Waals surface area contributed by atoms with Crippen molar-refractivity contribution in [2.24, 2.45) is 47.2 Å². The van der Waals surface area contributed by atoms with Crippen LogP contribution in [-0.4, -0.2) is 132 Å². The topological polar surface area (TPSA) is 228 Å². The van der Waals surface area contributed by atoms with E-state index in [1.54, 1.807) is 69.3 Å². The third-order valence-electron chi connectivity index (χ3n) is 17.4. The first-order valence-electron chi connectivity index (χ1n) is 31.6. The molecule has 0 spiro atoms. The Bertz CT molecular complexity index is 4350. The zero-order valence-electron chi connectivity index (χ0n) is 53.9. The lowest BCUT2D eigenvalue weighted by atomic mass is 9.81.